The van der Waals surface area contributed by atoms with Crippen molar-refractivity contribution < 1.29 is 9.53 Å². The average molecular weight is 367 g/mol. The van der Waals surface area contributed by atoms with Gasteiger partial charge >= 0.3 is 5.97 Å². The Labute approximate surface area is 162 Å². The zero-order valence-corrected chi connectivity index (χ0v) is 16.4. The first-order valence-electron chi connectivity index (χ1n) is 10.0. The number of carbonyl (C=O) groups is 1. The van der Waals surface area contributed by atoms with Gasteiger partial charge in [-0.25, -0.2) is 4.79 Å². The monoisotopic (exact) mass is 366 g/mol. The smallest absolute Gasteiger partial charge is 0.340 e. The molecule has 0 aliphatic carbocycles. The summed E-state index contributed by atoms with van der Waals surface area (Å²) in [6.07, 6.45) is 2.97. The summed E-state index contributed by atoms with van der Waals surface area (Å²) in [7, 11) is 0. The van der Waals surface area contributed by atoms with E-state index in [1.165, 1.54) is 5.56 Å². The summed E-state index contributed by atoms with van der Waals surface area (Å²) < 4.78 is 5.30. The van der Waals surface area contributed by atoms with E-state index in [2.05, 4.69) is 47.5 Å². The van der Waals surface area contributed by atoms with Crippen molar-refractivity contribution in [2.24, 2.45) is 0 Å². The van der Waals surface area contributed by atoms with Crippen LogP contribution < -0.4 is 5.32 Å². The van der Waals surface area contributed by atoms with Crippen molar-refractivity contribution in [2.75, 3.05) is 25.0 Å². The zero-order chi connectivity index (χ0) is 19.1. The minimum absolute atomic E-state index is 0.223. The molecule has 3 rings (SSSR count). The number of benzene rings is 2. The van der Waals surface area contributed by atoms with Gasteiger partial charge in [-0.2, -0.15) is 0 Å². The fraction of sp³-hybridized carbons (Fsp3) is 0.435. The second-order valence-corrected chi connectivity index (χ2v) is 7.09. The largest absolute Gasteiger partial charge is 0.462 e. The van der Waals surface area contributed by atoms with Gasteiger partial charge in [-0.1, -0.05) is 49.4 Å². The molecule has 1 fully saturated rings. The molecule has 1 heterocycles. The molecule has 2 aromatic rings. The summed E-state index contributed by atoms with van der Waals surface area (Å²) in [5, 5.41) is 3.62. The number of piperidine rings is 1. The first kappa shape index (κ1) is 19.4. The summed E-state index contributed by atoms with van der Waals surface area (Å²) in [4.78, 5) is 15.0. The Morgan fingerprint density at radius 3 is 2.48 bits per heavy atom. The lowest BCUT2D eigenvalue weighted by Gasteiger charge is -2.33. The second-order valence-electron chi connectivity index (χ2n) is 7.09. The molecule has 0 aromatic heterocycles. The van der Waals surface area contributed by atoms with Gasteiger partial charge in [0.05, 0.1) is 12.2 Å². The highest BCUT2D eigenvalue weighted by atomic mass is 16.5. The number of likely N-dealkylation sites (tertiary alicyclic amines) is 1. The Morgan fingerprint density at radius 1 is 1.07 bits per heavy atom. The van der Waals surface area contributed by atoms with E-state index >= 15 is 0 Å². The fourth-order valence-electron chi connectivity index (χ4n) is 3.76. The maximum atomic E-state index is 12.5. The Kier molecular flexibility index (Phi) is 6.88. The first-order valence-corrected chi connectivity index (χ1v) is 10.0. The number of carbonyl (C=O) groups excluding carboxylic acids is 1. The molecule has 0 amide bonds. The van der Waals surface area contributed by atoms with Gasteiger partial charge in [0.25, 0.3) is 0 Å². The minimum atomic E-state index is -0.223. The van der Waals surface area contributed by atoms with Gasteiger partial charge in [0, 0.05) is 31.4 Å². The summed E-state index contributed by atoms with van der Waals surface area (Å²) in [5.41, 5.74) is 4.02. The van der Waals surface area contributed by atoms with E-state index in [1.807, 2.05) is 25.1 Å². The predicted molar refractivity (Wildman–Crippen MR) is 110 cm³/mol. The third-order valence-electron chi connectivity index (χ3n) is 5.21. The van der Waals surface area contributed by atoms with Crippen LogP contribution in [0.2, 0.25) is 0 Å². The molecule has 0 radical (unpaired) electrons. The molecule has 1 aliphatic rings. The Balaban J connectivity index is 1.62. The Bertz CT molecular complexity index is 737. The molecular weight excluding hydrogens is 336 g/mol. The number of nitrogens with zero attached hydrogens (tertiary/aromatic N) is 1. The molecule has 2 aromatic carbocycles. The van der Waals surface area contributed by atoms with Crippen molar-refractivity contribution in [3.05, 3.63) is 65.2 Å². The number of rotatable bonds is 7. The zero-order valence-electron chi connectivity index (χ0n) is 16.4. The molecule has 4 nitrogen and oxygen atoms in total. The molecule has 0 bridgehead atoms. The van der Waals surface area contributed by atoms with E-state index in [4.69, 9.17) is 4.74 Å². The van der Waals surface area contributed by atoms with E-state index in [9.17, 15) is 4.79 Å². The molecule has 144 valence electrons. The van der Waals surface area contributed by atoms with Gasteiger partial charge in [0.2, 0.25) is 0 Å². The molecule has 1 saturated heterocycles. The van der Waals surface area contributed by atoms with Crippen LogP contribution in [0.15, 0.2) is 48.5 Å². The van der Waals surface area contributed by atoms with Gasteiger partial charge in [0.1, 0.15) is 0 Å². The molecular formula is C23H30N2O2. The van der Waals surface area contributed by atoms with Gasteiger partial charge in [0.15, 0.2) is 0 Å². The van der Waals surface area contributed by atoms with Gasteiger partial charge in [-0.05, 0) is 43.4 Å². The highest BCUT2D eigenvalue weighted by molar-refractivity contribution is 5.97. The van der Waals surface area contributed by atoms with Gasteiger partial charge in [-0.15, -0.1) is 0 Å². The fourth-order valence-corrected chi connectivity index (χ4v) is 3.76. The summed E-state index contributed by atoms with van der Waals surface area (Å²) in [5.74, 6) is -0.223. The van der Waals surface area contributed by atoms with Crippen LogP contribution in [0.25, 0.3) is 0 Å². The van der Waals surface area contributed by atoms with E-state index in [0.717, 1.165) is 50.1 Å². The molecule has 27 heavy (non-hydrogen) atoms. The molecule has 0 atom stereocenters. The molecule has 0 saturated carbocycles. The van der Waals surface area contributed by atoms with Crippen LogP contribution in [0.3, 0.4) is 0 Å². The van der Waals surface area contributed by atoms with Crippen LogP contribution in [-0.4, -0.2) is 36.6 Å². The Morgan fingerprint density at radius 2 is 1.81 bits per heavy atom. The number of ether oxygens (including phenoxy) is 1. The predicted octanol–water partition coefficient (Wildman–Crippen LogP) is 4.50. The lowest BCUT2D eigenvalue weighted by Crippen LogP contribution is -2.39. The van der Waals surface area contributed by atoms with E-state index < -0.39 is 0 Å². The maximum Gasteiger partial charge on any atom is 0.340 e. The van der Waals surface area contributed by atoms with Crippen molar-refractivity contribution in [1.82, 2.24) is 4.90 Å². The molecule has 0 unspecified atom stereocenters. The summed E-state index contributed by atoms with van der Waals surface area (Å²) in [6, 6.07) is 17.1. The van der Waals surface area contributed by atoms with Crippen molar-refractivity contribution in [2.45, 2.75) is 45.7 Å². The highest BCUT2D eigenvalue weighted by Gasteiger charge is 2.22. The van der Waals surface area contributed by atoms with E-state index in [-0.39, 0.29) is 5.97 Å². The van der Waals surface area contributed by atoms with Crippen LogP contribution in [0, 0.1) is 0 Å². The normalized spacial score (nSPS) is 15.5. The number of hydrogen-bond acceptors (Lipinski definition) is 4. The standard InChI is InChI=1S/C23H30N2O2/c1-3-19-11-8-12-21(22(19)23(26)27-4-2)24-20-13-15-25(16-14-20)17-18-9-6-5-7-10-18/h5-12,20,24H,3-4,13-17H2,1-2H3. The molecule has 1 aliphatic heterocycles. The third kappa shape index (κ3) is 5.10. The highest BCUT2D eigenvalue weighted by Crippen LogP contribution is 2.25. The van der Waals surface area contributed by atoms with Crippen LogP contribution in [0.5, 0.6) is 0 Å². The van der Waals surface area contributed by atoms with Crippen molar-refractivity contribution in [3.8, 4) is 0 Å². The van der Waals surface area contributed by atoms with Crippen molar-refractivity contribution in [1.29, 1.82) is 0 Å². The Hall–Kier alpha value is -2.33. The van der Waals surface area contributed by atoms with Crippen LogP contribution in [0.4, 0.5) is 5.69 Å². The number of hydrogen-bond donors (Lipinski definition) is 1. The van der Waals surface area contributed by atoms with Crippen LogP contribution >= 0.6 is 0 Å². The van der Waals surface area contributed by atoms with Crippen LogP contribution in [0.1, 0.15) is 48.2 Å². The van der Waals surface area contributed by atoms with Gasteiger partial charge in [-0.3, -0.25) is 4.90 Å². The minimum Gasteiger partial charge on any atom is -0.462 e. The molecule has 1 N–H and O–H groups in total. The van der Waals surface area contributed by atoms with E-state index in [0.29, 0.717) is 18.2 Å². The number of nitrogens with one attached hydrogen (secondary N) is 1. The summed E-state index contributed by atoms with van der Waals surface area (Å²) in [6.45, 7) is 7.45. The van der Waals surface area contributed by atoms with Crippen molar-refractivity contribution >= 4 is 11.7 Å². The molecule has 4 heteroatoms. The maximum absolute atomic E-state index is 12.5. The van der Waals surface area contributed by atoms with E-state index in [1.54, 1.807) is 0 Å². The average Bonchev–Trinajstić information content (AvgIpc) is 2.70. The summed E-state index contributed by atoms with van der Waals surface area (Å²) >= 11 is 0. The molecule has 0 spiro atoms. The number of esters is 1. The quantitative estimate of drug-likeness (QED) is 0.733. The number of aryl methyl sites for hydroxylation is 1. The first-order chi connectivity index (χ1) is 13.2. The topological polar surface area (TPSA) is 41.6 Å². The lowest BCUT2D eigenvalue weighted by molar-refractivity contribution is 0.0526. The van der Waals surface area contributed by atoms with Crippen molar-refractivity contribution in [3.63, 3.8) is 0 Å². The van der Waals surface area contributed by atoms with Crippen LogP contribution in [-0.2, 0) is 17.7 Å². The second kappa shape index (κ2) is 9.56. The SMILES string of the molecule is CCOC(=O)c1c(CC)cccc1NC1CCN(Cc2ccccc2)CC1. The lowest BCUT2D eigenvalue weighted by atomic mass is 10.00. The third-order valence-corrected chi connectivity index (χ3v) is 5.21. The number of anilines is 1. The van der Waals surface area contributed by atoms with Gasteiger partial charge < -0.3 is 10.1 Å².